The number of hydrogen-bond donors (Lipinski definition) is 5. The molecule has 0 atom stereocenters. The molecule has 0 aromatic heterocycles. The van der Waals surface area contributed by atoms with Crippen molar-refractivity contribution in [2.45, 2.75) is 0 Å². The molecule has 7 heteroatoms. The van der Waals surface area contributed by atoms with Crippen LogP contribution in [0.3, 0.4) is 0 Å². The second-order valence-corrected chi connectivity index (χ2v) is 2.23. The Morgan fingerprint density at radius 1 is 0.818 bits per heavy atom. The van der Waals surface area contributed by atoms with Gasteiger partial charge < -0.3 is 5.32 Å². The fourth-order valence-electron chi connectivity index (χ4n) is 0.541. The molecule has 9 N–H and O–H groups in total. The minimum Gasteiger partial charge on any atom is -0.314 e. The third-order valence-corrected chi connectivity index (χ3v) is 1.09. The lowest BCUT2D eigenvalue weighted by Crippen LogP contribution is -2.45. The first kappa shape index (κ1) is 10.7. The zero-order valence-electron chi connectivity index (χ0n) is 6.53. The number of nitrogens with zero attached hydrogens (tertiary/aromatic N) is 2. The molecule has 0 unspecified atom stereocenters. The minimum atomic E-state index is 0.592. The Morgan fingerprint density at radius 2 is 1.18 bits per heavy atom. The van der Waals surface area contributed by atoms with Gasteiger partial charge in [0.2, 0.25) is 0 Å². The summed E-state index contributed by atoms with van der Waals surface area (Å²) in [5, 5.41) is 5.29. The van der Waals surface area contributed by atoms with Gasteiger partial charge in [0.15, 0.2) is 0 Å². The van der Waals surface area contributed by atoms with Crippen LogP contribution in [0.25, 0.3) is 0 Å². The van der Waals surface area contributed by atoms with Crippen molar-refractivity contribution >= 4 is 0 Å². The SMILES string of the molecule is NN(N)CCNCCN(N)N. The third-order valence-electron chi connectivity index (χ3n) is 1.09. The smallest absolute Gasteiger partial charge is 0.0408 e. The van der Waals surface area contributed by atoms with E-state index in [-0.39, 0.29) is 0 Å². The highest BCUT2D eigenvalue weighted by Crippen LogP contribution is 1.64. The van der Waals surface area contributed by atoms with E-state index in [0.717, 1.165) is 23.3 Å². The minimum absolute atomic E-state index is 0.592. The lowest BCUT2D eigenvalue weighted by atomic mass is 10.5. The molecule has 0 spiro atoms. The summed E-state index contributed by atoms with van der Waals surface area (Å²) in [4.78, 5) is 0. The molecule has 7 nitrogen and oxygen atoms in total. The normalized spacial score (nSPS) is 11.5. The molecule has 0 heterocycles. The summed E-state index contributed by atoms with van der Waals surface area (Å²) in [5.74, 6) is 20.6. The monoisotopic (exact) mass is 163 g/mol. The maximum Gasteiger partial charge on any atom is 0.0408 e. The van der Waals surface area contributed by atoms with Crippen LogP contribution < -0.4 is 28.7 Å². The molecule has 11 heavy (non-hydrogen) atoms. The van der Waals surface area contributed by atoms with Crippen LogP contribution in [-0.2, 0) is 0 Å². The van der Waals surface area contributed by atoms with E-state index >= 15 is 0 Å². The van der Waals surface area contributed by atoms with Gasteiger partial charge in [-0.1, -0.05) is 0 Å². The van der Waals surface area contributed by atoms with E-state index in [1.54, 1.807) is 0 Å². The summed E-state index contributed by atoms with van der Waals surface area (Å²) in [6, 6.07) is 0. The third kappa shape index (κ3) is 9.72. The van der Waals surface area contributed by atoms with E-state index < -0.39 is 0 Å². The maximum absolute atomic E-state index is 5.15. The van der Waals surface area contributed by atoms with Crippen molar-refractivity contribution < 1.29 is 0 Å². The molecule has 0 fully saturated rings. The summed E-state index contributed by atoms with van der Waals surface area (Å²) in [5.41, 5.74) is 0. The van der Waals surface area contributed by atoms with Crippen LogP contribution in [0.1, 0.15) is 0 Å². The molecule has 0 aliphatic rings. The van der Waals surface area contributed by atoms with Gasteiger partial charge in [-0.25, -0.2) is 0 Å². The standard InChI is InChI=1S/C4H17N7/c5-10(6)3-1-9-2-4-11(7)8/h9H,1-8H2. The summed E-state index contributed by atoms with van der Waals surface area (Å²) < 4.78 is 0. The number of hydrogen-bond acceptors (Lipinski definition) is 7. The van der Waals surface area contributed by atoms with Crippen LogP contribution in [0.15, 0.2) is 0 Å². The molecule has 0 bridgehead atoms. The summed E-state index contributed by atoms with van der Waals surface area (Å²) in [6.45, 7) is 2.63. The van der Waals surface area contributed by atoms with Crippen LogP contribution in [0.5, 0.6) is 0 Å². The summed E-state index contributed by atoms with van der Waals surface area (Å²) in [6.07, 6.45) is 0. The van der Waals surface area contributed by atoms with Crippen molar-refractivity contribution in [3.05, 3.63) is 0 Å². The zero-order chi connectivity index (χ0) is 8.69. The van der Waals surface area contributed by atoms with E-state index in [2.05, 4.69) is 5.32 Å². The van der Waals surface area contributed by atoms with E-state index in [9.17, 15) is 0 Å². The molecular formula is C4H17N7. The average molecular weight is 163 g/mol. The molecule has 0 aromatic rings. The quantitative estimate of drug-likeness (QED) is 0.158. The average Bonchev–Trinajstić information content (AvgIpc) is 1.85. The highest BCUT2D eigenvalue weighted by atomic mass is 15.6. The van der Waals surface area contributed by atoms with Gasteiger partial charge >= 0.3 is 0 Å². The van der Waals surface area contributed by atoms with Crippen LogP contribution in [0, 0.1) is 0 Å². The van der Waals surface area contributed by atoms with Crippen molar-refractivity contribution in [3.63, 3.8) is 0 Å². The Balaban J connectivity index is 2.91. The molecule has 0 saturated carbocycles. The van der Waals surface area contributed by atoms with Crippen molar-refractivity contribution in [2.24, 2.45) is 23.4 Å². The van der Waals surface area contributed by atoms with Gasteiger partial charge in [-0.15, -0.1) is 0 Å². The van der Waals surface area contributed by atoms with E-state index in [0.29, 0.717) is 13.1 Å². The van der Waals surface area contributed by atoms with Crippen molar-refractivity contribution in [1.82, 2.24) is 15.6 Å². The second kappa shape index (κ2) is 6.43. The molecule has 0 aliphatic carbocycles. The topological polar surface area (TPSA) is 123 Å². The number of rotatable bonds is 6. The Bertz CT molecular complexity index is 72.5. The van der Waals surface area contributed by atoms with Crippen LogP contribution in [0.2, 0.25) is 0 Å². The first-order valence-corrected chi connectivity index (χ1v) is 3.37. The zero-order valence-corrected chi connectivity index (χ0v) is 6.53. The predicted octanol–water partition coefficient (Wildman–Crippen LogP) is -3.33. The van der Waals surface area contributed by atoms with Crippen molar-refractivity contribution in [3.8, 4) is 0 Å². The van der Waals surface area contributed by atoms with Gasteiger partial charge in [0, 0.05) is 26.2 Å². The molecule has 0 aliphatic heterocycles. The highest BCUT2D eigenvalue weighted by Gasteiger charge is 1.91. The summed E-state index contributed by atoms with van der Waals surface area (Å²) >= 11 is 0. The second-order valence-electron chi connectivity index (χ2n) is 2.23. The fourth-order valence-corrected chi connectivity index (χ4v) is 0.541. The lowest BCUT2D eigenvalue weighted by Gasteiger charge is -2.11. The molecule has 0 radical (unpaired) electrons. The van der Waals surface area contributed by atoms with Gasteiger partial charge in [-0.05, 0) is 0 Å². The van der Waals surface area contributed by atoms with Gasteiger partial charge in [0.05, 0.1) is 0 Å². The largest absolute Gasteiger partial charge is 0.314 e. The van der Waals surface area contributed by atoms with E-state index in [1.165, 1.54) is 0 Å². The molecule has 0 saturated heterocycles. The Labute approximate surface area is 66.1 Å². The first-order valence-electron chi connectivity index (χ1n) is 3.37. The van der Waals surface area contributed by atoms with Crippen LogP contribution in [-0.4, -0.2) is 36.4 Å². The van der Waals surface area contributed by atoms with Crippen molar-refractivity contribution in [1.29, 1.82) is 0 Å². The van der Waals surface area contributed by atoms with E-state index in [1.807, 2.05) is 0 Å². The highest BCUT2D eigenvalue weighted by molar-refractivity contribution is 4.49. The summed E-state index contributed by atoms with van der Waals surface area (Å²) in [7, 11) is 0. The molecular weight excluding hydrogens is 146 g/mol. The Kier molecular flexibility index (Phi) is 6.27. The lowest BCUT2D eigenvalue weighted by molar-refractivity contribution is 0.273. The van der Waals surface area contributed by atoms with Crippen LogP contribution in [0.4, 0.5) is 0 Å². The maximum atomic E-state index is 5.15. The molecule has 68 valence electrons. The van der Waals surface area contributed by atoms with E-state index in [4.69, 9.17) is 23.4 Å². The molecule has 0 aromatic carbocycles. The van der Waals surface area contributed by atoms with Gasteiger partial charge in [0.1, 0.15) is 0 Å². The number of nitrogens with two attached hydrogens (primary N) is 4. The Hall–Kier alpha value is -0.280. The van der Waals surface area contributed by atoms with Gasteiger partial charge in [-0.3, -0.25) is 23.4 Å². The fraction of sp³-hybridized carbons (Fsp3) is 1.00. The van der Waals surface area contributed by atoms with Gasteiger partial charge in [0.25, 0.3) is 0 Å². The first-order chi connectivity index (χ1) is 5.13. The molecule has 0 amide bonds. The van der Waals surface area contributed by atoms with Gasteiger partial charge in [-0.2, -0.15) is 10.2 Å². The predicted molar refractivity (Wildman–Crippen MR) is 43.0 cm³/mol. The number of nitrogens with one attached hydrogen (secondary N) is 1. The molecule has 0 rings (SSSR count). The number of hydrazine groups is 4. The van der Waals surface area contributed by atoms with Crippen LogP contribution >= 0.6 is 0 Å². The Morgan fingerprint density at radius 3 is 1.45 bits per heavy atom. The van der Waals surface area contributed by atoms with Crippen molar-refractivity contribution in [2.75, 3.05) is 26.2 Å².